The van der Waals surface area contributed by atoms with Gasteiger partial charge in [-0.05, 0) is 18.1 Å². The third-order valence-corrected chi connectivity index (χ3v) is 1.85. The summed E-state index contributed by atoms with van der Waals surface area (Å²) in [4.78, 5) is 0. The Morgan fingerprint density at radius 1 is 1.45 bits per heavy atom. The maximum Gasteiger partial charge on any atom is 0.0638 e. The van der Waals surface area contributed by atoms with Crippen molar-refractivity contribution in [2.24, 2.45) is 0 Å². The van der Waals surface area contributed by atoms with Crippen LogP contribution in [0.2, 0.25) is 5.02 Å². The normalized spacial score (nSPS) is 10.0. The van der Waals surface area contributed by atoms with Crippen LogP contribution in [0.1, 0.15) is 5.56 Å². The zero-order valence-electron chi connectivity index (χ0n) is 6.05. The van der Waals surface area contributed by atoms with Crippen LogP contribution in [0.4, 0.5) is 5.69 Å². The quantitative estimate of drug-likeness (QED) is 0.662. The van der Waals surface area contributed by atoms with Crippen molar-refractivity contribution in [1.82, 2.24) is 0 Å². The molecule has 60 valence electrons. The first-order valence-electron chi connectivity index (χ1n) is 3.39. The summed E-state index contributed by atoms with van der Waals surface area (Å²) in [6.07, 6.45) is 0.562. The SMILES string of the molecule is Nc1c(Cl)cccc1CCO. The molecular formula is C8H10ClNO. The molecule has 0 saturated carbocycles. The van der Waals surface area contributed by atoms with Crippen LogP contribution in [-0.2, 0) is 6.42 Å². The topological polar surface area (TPSA) is 46.2 Å². The minimum atomic E-state index is 0.102. The predicted octanol–water partition coefficient (Wildman–Crippen LogP) is 1.46. The van der Waals surface area contributed by atoms with E-state index in [-0.39, 0.29) is 6.61 Å². The maximum absolute atomic E-state index is 8.64. The smallest absolute Gasteiger partial charge is 0.0638 e. The van der Waals surface area contributed by atoms with E-state index in [1.54, 1.807) is 6.07 Å². The van der Waals surface area contributed by atoms with Crippen molar-refractivity contribution in [3.05, 3.63) is 28.8 Å². The van der Waals surface area contributed by atoms with Gasteiger partial charge in [-0.25, -0.2) is 0 Å². The molecule has 0 aliphatic carbocycles. The number of halogens is 1. The first kappa shape index (κ1) is 8.37. The highest BCUT2D eigenvalue weighted by Gasteiger charge is 2.00. The van der Waals surface area contributed by atoms with Gasteiger partial charge in [0.05, 0.1) is 10.7 Å². The van der Waals surface area contributed by atoms with Crippen LogP contribution in [0.25, 0.3) is 0 Å². The van der Waals surface area contributed by atoms with Gasteiger partial charge in [-0.15, -0.1) is 0 Å². The van der Waals surface area contributed by atoms with Crippen LogP contribution >= 0.6 is 11.6 Å². The van der Waals surface area contributed by atoms with Crippen LogP contribution in [0, 0.1) is 0 Å². The fourth-order valence-electron chi connectivity index (χ4n) is 0.920. The lowest BCUT2D eigenvalue weighted by Gasteiger charge is -2.03. The first-order valence-corrected chi connectivity index (χ1v) is 3.77. The maximum atomic E-state index is 8.64. The lowest BCUT2D eigenvalue weighted by molar-refractivity contribution is 0.300. The number of nitrogens with two attached hydrogens (primary N) is 1. The summed E-state index contributed by atoms with van der Waals surface area (Å²) >= 11 is 5.74. The van der Waals surface area contributed by atoms with Crippen LogP contribution in [0.3, 0.4) is 0 Å². The molecule has 3 heteroatoms. The number of rotatable bonds is 2. The average Bonchev–Trinajstić information content (AvgIpc) is 1.99. The molecule has 0 aromatic heterocycles. The molecule has 0 radical (unpaired) electrons. The second-order valence-corrected chi connectivity index (χ2v) is 2.69. The van der Waals surface area contributed by atoms with E-state index in [1.165, 1.54) is 0 Å². The van der Waals surface area contributed by atoms with Gasteiger partial charge in [0.15, 0.2) is 0 Å². The molecule has 0 fully saturated rings. The summed E-state index contributed by atoms with van der Waals surface area (Å²) in [5.74, 6) is 0. The fourth-order valence-corrected chi connectivity index (χ4v) is 1.11. The van der Waals surface area contributed by atoms with Crippen LogP contribution in [-0.4, -0.2) is 11.7 Å². The molecule has 0 bridgehead atoms. The number of benzene rings is 1. The van der Waals surface area contributed by atoms with Crippen molar-refractivity contribution in [1.29, 1.82) is 0 Å². The fraction of sp³-hybridized carbons (Fsp3) is 0.250. The standard InChI is InChI=1S/C8H10ClNO/c9-7-3-1-2-6(4-5-11)8(7)10/h1-3,11H,4-5,10H2. The number of nitrogen functional groups attached to an aromatic ring is 1. The molecule has 0 amide bonds. The second kappa shape index (κ2) is 3.60. The van der Waals surface area contributed by atoms with Gasteiger partial charge in [0.1, 0.15) is 0 Å². The van der Waals surface area contributed by atoms with E-state index in [4.69, 9.17) is 22.4 Å². The minimum Gasteiger partial charge on any atom is -0.397 e. The summed E-state index contributed by atoms with van der Waals surface area (Å²) in [6.45, 7) is 0.102. The highest BCUT2D eigenvalue weighted by molar-refractivity contribution is 6.33. The Morgan fingerprint density at radius 2 is 2.18 bits per heavy atom. The van der Waals surface area contributed by atoms with Crippen LogP contribution in [0.5, 0.6) is 0 Å². The Hall–Kier alpha value is -0.730. The van der Waals surface area contributed by atoms with Crippen molar-refractivity contribution >= 4 is 17.3 Å². The molecule has 1 aromatic carbocycles. The van der Waals surface area contributed by atoms with E-state index in [9.17, 15) is 0 Å². The van der Waals surface area contributed by atoms with Gasteiger partial charge in [0, 0.05) is 6.61 Å². The van der Waals surface area contributed by atoms with E-state index in [0.29, 0.717) is 17.1 Å². The molecular weight excluding hydrogens is 162 g/mol. The zero-order valence-corrected chi connectivity index (χ0v) is 6.80. The molecule has 0 aliphatic heterocycles. The predicted molar refractivity (Wildman–Crippen MR) is 46.7 cm³/mol. The lowest BCUT2D eigenvalue weighted by atomic mass is 10.1. The Kier molecular flexibility index (Phi) is 2.74. The number of aliphatic hydroxyl groups is 1. The van der Waals surface area contributed by atoms with Crippen molar-refractivity contribution in [2.45, 2.75) is 6.42 Å². The Bertz CT molecular complexity index is 250. The number of hydrogen-bond donors (Lipinski definition) is 2. The number of para-hydroxylation sites is 1. The highest BCUT2D eigenvalue weighted by atomic mass is 35.5. The summed E-state index contributed by atoms with van der Waals surface area (Å²) in [5.41, 5.74) is 7.10. The number of anilines is 1. The molecule has 0 spiro atoms. The van der Waals surface area contributed by atoms with Gasteiger partial charge in [0.25, 0.3) is 0 Å². The Balaban J connectivity index is 2.96. The van der Waals surface area contributed by atoms with Gasteiger partial charge in [-0.2, -0.15) is 0 Å². The number of hydrogen-bond acceptors (Lipinski definition) is 2. The van der Waals surface area contributed by atoms with Crippen LogP contribution < -0.4 is 5.73 Å². The molecule has 0 unspecified atom stereocenters. The Morgan fingerprint density at radius 3 is 2.82 bits per heavy atom. The van der Waals surface area contributed by atoms with E-state index >= 15 is 0 Å². The highest BCUT2D eigenvalue weighted by Crippen LogP contribution is 2.22. The monoisotopic (exact) mass is 171 g/mol. The molecule has 2 nitrogen and oxygen atoms in total. The minimum absolute atomic E-state index is 0.102. The largest absolute Gasteiger partial charge is 0.397 e. The Labute approximate surface area is 70.6 Å². The zero-order chi connectivity index (χ0) is 8.27. The van der Waals surface area contributed by atoms with E-state index in [1.807, 2.05) is 12.1 Å². The van der Waals surface area contributed by atoms with Crippen LogP contribution in [0.15, 0.2) is 18.2 Å². The van der Waals surface area contributed by atoms with E-state index in [2.05, 4.69) is 0 Å². The summed E-state index contributed by atoms with van der Waals surface area (Å²) < 4.78 is 0. The van der Waals surface area contributed by atoms with Crippen molar-refractivity contribution < 1.29 is 5.11 Å². The van der Waals surface area contributed by atoms with Gasteiger partial charge < -0.3 is 10.8 Å². The molecule has 11 heavy (non-hydrogen) atoms. The molecule has 0 heterocycles. The molecule has 0 saturated heterocycles. The molecule has 0 atom stereocenters. The van der Waals surface area contributed by atoms with Crippen molar-refractivity contribution in [3.8, 4) is 0 Å². The average molecular weight is 172 g/mol. The van der Waals surface area contributed by atoms with Gasteiger partial charge in [-0.3, -0.25) is 0 Å². The molecule has 3 N–H and O–H groups in total. The summed E-state index contributed by atoms with van der Waals surface area (Å²) in [5, 5.41) is 9.19. The molecule has 1 aromatic rings. The van der Waals surface area contributed by atoms with E-state index < -0.39 is 0 Å². The second-order valence-electron chi connectivity index (χ2n) is 2.29. The summed E-state index contributed by atoms with van der Waals surface area (Å²) in [7, 11) is 0. The number of aliphatic hydroxyl groups excluding tert-OH is 1. The molecule has 1 rings (SSSR count). The van der Waals surface area contributed by atoms with Gasteiger partial charge in [0.2, 0.25) is 0 Å². The third kappa shape index (κ3) is 1.85. The summed E-state index contributed by atoms with van der Waals surface area (Å²) in [6, 6.07) is 5.42. The third-order valence-electron chi connectivity index (χ3n) is 1.52. The molecule has 0 aliphatic rings. The van der Waals surface area contributed by atoms with Crippen molar-refractivity contribution in [3.63, 3.8) is 0 Å². The lowest BCUT2D eigenvalue weighted by Crippen LogP contribution is -1.97. The van der Waals surface area contributed by atoms with E-state index in [0.717, 1.165) is 5.56 Å². The van der Waals surface area contributed by atoms with Crippen molar-refractivity contribution in [2.75, 3.05) is 12.3 Å². The van der Waals surface area contributed by atoms with Gasteiger partial charge in [-0.1, -0.05) is 23.7 Å². The first-order chi connectivity index (χ1) is 5.25. The van der Waals surface area contributed by atoms with Gasteiger partial charge >= 0.3 is 0 Å².